The minimum atomic E-state index is 0. The molecular formula is C20H22Cl2N4O. The topological polar surface area (TPSA) is 54.0 Å². The molecule has 27 heavy (non-hydrogen) atoms. The summed E-state index contributed by atoms with van der Waals surface area (Å²) in [5, 5.41) is 7.98. The third kappa shape index (κ3) is 4.43. The van der Waals surface area contributed by atoms with E-state index >= 15 is 0 Å². The molecule has 142 valence electrons. The van der Waals surface area contributed by atoms with Crippen molar-refractivity contribution < 1.29 is 4.74 Å². The Bertz CT molecular complexity index is 907. The zero-order valence-corrected chi connectivity index (χ0v) is 16.7. The van der Waals surface area contributed by atoms with Crippen LogP contribution in [0.4, 0.5) is 0 Å². The van der Waals surface area contributed by atoms with Gasteiger partial charge in [0.25, 0.3) is 0 Å². The number of H-pyrrole nitrogens is 1. The summed E-state index contributed by atoms with van der Waals surface area (Å²) in [4.78, 5) is 7.14. The fourth-order valence-electron chi connectivity index (χ4n) is 3.33. The lowest BCUT2D eigenvalue weighted by Gasteiger charge is -2.14. The Balaban J connectivity index is 0.00000210. The number of rotatable bonds is 5. The quantitative estimate of drug-likeness (QED) is 0.662. The number of aromatic amines is 1. The fraction of sp³-hybridized carbons (Fsp3) is 0.300. The fourth-order valence-corrected chi connectivity index (χ4v) is 3.53. The lowest BCUT2D eigenvalue weighted by Crippen LogP contribution is -2.18. The predicted octanol–water partition coefficient (Wildman–Crippen LogP) is 4.82. The average molecular weight is 405 g/mol. The number of nitrogens with one attached hydrogen (secondary N) is 1. The second kappa shape index (κ2) is 8.74. The summed E-state index contributed by atoms with van der Waals surface area (Å²) < 4.78 is 5.28. The molecule has 2 heterocycles. The number of ether oxygens (including phenoxy) is 1. The van der Waals surface area contributed by atoms with Crippen molar-refractivity contribution in [3.63, 3.8) is 0 Å². The smallest absolute Gasteiger partial charge is 0.181 e. The molecule has 5 nitrogen and oxygen atoms in total. The summed E-state index contributed by atoms with van der Waals surface area (Å²) in [5.74, 6) is 2.01. The van der Waals surface area contributed by atoms with E-state index in [2.05, 4.69) is 38.3 Å². The van der Waals surface area contributed by atoms with Crippen LogP contribution in [0.15, 0.2) is 42.5 Å². The van der Waals surface area contributed by atoms with E-state index in [1.54, 1.807) is 13.2 Å². The first-order valence-electron chi connectivity index (χ1n) is 8.81. The van der Waals surface area contributed by atoms with Crippen LogP contribution in [0.1, 0.15) is 18.4 Å². The molecule has 7 heteroatoms. The first-order chi connectivity index (χ1) is 12.7. The number of likely N-dealkylation sites (tertiary alicyclic amines) is 1. The molecule has 0 radical (unpaired) electrons. The number of benzene rings is 2. The van der Waals surface area contributed by atoms with Crippen molar-refractivity contribution in [2.45, 2.75) is 19.4 Å². The first-order valence-corrected chi connectivity index (χ1v) is 9.19. The highest BCUT2D eigenvalue weighted by Gasteiger charge is 2.14. The van der Waals surface area contributed by atoms with E-state index in [1.165, 1.54) is 31.5 Å². The predicted molar refractivity (Wildman–Crippen MR) is 111 cm³/mol. The van der Waals surface area contributed by atoms with E-state index in [0.29, 0.717) is 22.4 Å². The van der Waals surface area contributed by atoms with E-state index in [-0.39, 0.29) is 12.4 Å². The summed E-state index contributed by atoms with van der Waals surface area (Å²) in [6.45, 7) is 3.36. The SMILES string of the molecule is COc1cc(-c2nc(-c3cccc(CN4CCCC4)c3)n[nH]2)ccc1Cl.Cl. The van der Waals surface area contributed by atoms with Crippen LogP contribution >= 0.6 is 24.0 Å². The van der Waals surface area contributed by atoms with Gasteiger partial charge in [-0.3, -0.25) is 10.00 Å². The summed E-state index contributed by atoms with van der Waals surface area (Å²) in [6.07, 6.45) is 2.60. The van der Waals surface area contributed by atoms with Gasteiger partial charge in [-0.15, -0.1) is 12.4 Å². The zero-order chi connectivity index (χ0) is 17.9. The van der Waals surface area contributed by atoms with Crippen molar-refractivity contribution >= 4 is 24.0 Å². The van der Waals surface area contributed by atoms with Crippen molar-refractivity contribution in [1.29, 1.82) is 0 Å². The minimum absolute atomic E-state index is 0. The standard InChI is InChI=1S/C20H21ClN4O.ClH/c1-26-18-12-16(7-8-17(18)21)20-22-19(23-24-20)15-6-4-5-14(11-15)13-25-9-2-3-10-25;/h4-8,11-12H,2-3,9-10,13H2,1H3,(H,22,23,24);1H. The zero-order valence-electron chi connectivity index (χ0n) is 15.1. The maximum Gasteiger partial charge on any atom is 0.181 e. The summed E-state index contributed by atoms with van der Waals surface area (Å²) in [6, 6.07) is 14.0. The maximum atomic E-state index is 6.10. The monoisotopic (exact) mass is 404 g/mol. The van der Waals surface area contributed by atoms with Crippen LogP contribution in [-0.4, -0.2) is 40.3 Å². The van der Waals surface area contributed by atoms with Crippen LogP contribution in [0.2, 0.25) is 5.02 Å². The molecule has 0 atom stereocenters. The molecule has 0 bridgehead atoms. The highest BCUT2D eigenvalue weighted by molar-refractivity contribution is 6.32. The normalized spacial score (nSPS) is 14.1. The molecule has 0 unspecified atom stereocenters. The van der Waals surface area contributed by atoms with E-state index in [1.807, 2.05) is 18.2 Å². The van der Waals surface area contributed by atoms with Crippen LogP contribution in [0.3, 0.4) is 0 Å². The first kappa shape index (κ1) is 19.7. The summed E-state index contributed by atoms with van der Waals surface area (Å²) in [5.41, 5.74) is 3.20. The molecule has 0 aliphatic carbocycles. The Morgan fingerprint density at radius 2 is 1.93 bits per heavy atom. The van der Waals surface area contributed by atoms with E-state index in [9.17, 15) is 0 Å². The van der Waals surface area contributed by atoms with Crippen LogP contribution in [-0.2, 0) is 6.54 Å². The number of hydrogen-bond donors (Lipinski definition) is 1. The molecule has 3 aromatic rings. The van der Waals surface area contributed by atoms with E-state index in [4.69, 9.17) is 16.3 Å². The van der Waals surface area contributed by atoms with Crippen molar-refractivity contribution in [3.05, 3.63) is 53.1 Å². The van der Waals surface area contributed by atoms with Gasteiger partial charge in [-0.1, -0.05) is 29.8 Å². The van der Waals surface area contributed by atoms with Gasteiger partial charge in [-0.25, -0.2) is 4.98 Å². The third-order valence-corrected chi connectivity index (χ3v) is 5.01. The molecule has 1 aromatic heterocycles. The van der Waals surface area contributed by atoms with Crippen molar-refractivity contribution in [1.82, 2.24) is 20.1 Å². The van der Waals surface area contributed by atoms with Crippen molar-refractivity contribution in [2.75, 3.05) is 20.2 Å². The van der Waals surface area contributed by atoms with Gasteiger partial charge in [0.05, 0.1) is 12.1 Å². The van der Waals surface area contributed by atoms with Gasteiger partial charge in [0.1, 0.15) is 5.75 Å². The molecule has 1 fully saturated rings. The second-order valence-electron chi connectivity index (χ2n) is 6.54. The third-order valence-electron chi connectivity index (χ3n) is 4.70. The Kier molecular flexibility index (Phi) is 6.37. The molecule has 0 saturated carbocycles. The van der Waals surface area contributed by atoms with Gasteiger partial charge in [0, 0.05) is 17.7 Å². The highest BCUT2D eigenvalue weighted by Crippen LogP contribution is 2.29. The molecule has 1 aliphatic rings. The van der Waals surface area contributed by atoms with Gasteiger partial charge in [0.15, 0.2) is 11.6 Å². The summed E-state index contributed by atoms with van der Waals surface area (Å²) in [7, 11) is 1.60. The lowest BCUT2D eigenvalue weighted by molar-refractivity contribution is 0.331. The number of methoxy groups -OCH3 is 1. The Morgan fingerprint density at radius 1 is 1.11 bits per heavy atom. The molecular weight excluding hydrogens is 383 g/mol. The molecule has 0 spiro atoms. The molecule has 2 aromatic carbocycles. The Labute approximate surface area is 170 Å². The van der Waals surface area contributed by atoms with E-state index < -0.39 is 0 Å². The molecule has 1 saturated heterocycles. The van der Waals surface area contributed by atoms with Crippen molar-refractivity contribution in [3.8, 4) is 28.5 Å². The van der Waals surface area contributed by atoms with Gasteiger partial charge in [0.2, 0.25) is 0 Å². The summed E-state index contributed by atoms with van der Waals surface area (Å²) >= 11 is 6.10. The van der Waals surface area contributed by atoms with Crippen molar-refractivity contribution in [2.24, 2.45) is 0 Å². The Hall–Kier alpha value is -2.08. The van der Waals surface area contributed by atoms with Crippen LogP contribution in [0.5, 0.6) is 5.75 Å². The number of halogens is 2. The van der Waals surface area contributed by atoms with Gasteiger partial charge in [-0.2, -0.15) is 5.10 Å². The molecule has 0 amide bonds. The van der Waals surface area contributed by atoms with Crippen LogP contribution in [0.25, 0.3) is 22.8 Å². The average Bonchev–Trinajstić information content (AvgIpc) is 3.34. The Morgan fingerprint density at radius 3 is 2.70 bits per heavy atom. The van der Waals surface area contributed by atoms with Gasteiger partial charge < -0.3 is 4.74 Å². The molecule has 1 aliphatic heterocycles. The van der Waals surface area contributed by atoms with Gasteiger partial charge >= 0.3 is 0 Å². The number of aromatic nitrogens is 3. The lowest BCUT2D eigenvalue weighted by atomic mass is 10.1. The van der Waals surface area contributed by atoms with Gasteiger partial charge in [-0.05, 0) is 55.8 Å². The number of hydrogen-bond acceptors (Lipinski definition) is 4. The van der Waals surface area contributed by atoms with Crippen LogP contribution < -0.4 is 4.74 Å². The second-order valence-corrected chi connectivity index (χ2v) is 6.95. The number of nitrogens with zero attached hydrogens (tertiary/aromatic N) is 3. The minimum Gasteiger partial charge on any atom is -0.495 e. The molecule has 1 N–H and O–H groups in total. The van der Waals surface area contributed by atoms with E-state index in [0.717, 1.165) is 17.7 Å². The largest absolute Gasteiger partial charge is 0.495 e. The highest BCUT2D eigenvalue weighted by atomic mass is 35.5. The molecule has 4 rings (SSSR count). The maximum absolute atomic E-state index is 6.10. The van der Waals surface area contributed by atoms with Crippen LogP contribution in [0, 0.1) is 0 Å².